The van der Waals surface area contributed by atoms with Crippen LogP contribution in [0.25, 0.3) is 0 Å². The summed E-state index contributed by atoms with van der Waals surface area (Å²) in [4.78, 5) is 26.0. The molecule has 2 N–H and O–H groups in total. The number of nitrogens with one attached hydrogen (secondary N) is 2. The summed E-state index contributed by atoms with van der Waals surface area (Å²) in [6.45, 7) is 3.82. The second-order valence-electron chi connectivity index (χ2n) is 7.47. The van der Waals surface area contributed by atoms with Crippen molar-refractivity contribution in [3.8, 4) is 0 Å². The Kier molecular flexibility index (Phi) is 5.30. The molecule has 1 aromatic rings. The maximum Gasteiger partial charge on any atom is 0.317 e. The molecule has 0 heterocycles. The van der Waals surface area contributed by atoms with Crippen LogP contribution in [0.15, 0.2) is 24.3 Å². The van der Waals surface area contributed by atoms with Gasteiger partial charge in [-0.2, -0.15) is 0 Å². The van der Waals surface area contributed by atoms with Gasteiger partial charge < -0.3 is 15.5 Å². The Hall–Kier alpha value is -2.04. The van der Waals surface area contributed by atoms with E-state index in [1.807, 2.05) is 50.1 Å². The van der Waals surface area contributed by atoms with Crippen molar-refractivity contribution in [2.24, 2.45) is 11.8 Å². The lowest BCUT2D eigenvalue weighted by molar-refractivity contribution is -0.115. The molecule has 1 atom stereocenters. The van der Waals surface area contributed by atoms with E-state index in [2.05, 4.69) is 10.6 Å². The molecule has 2 aliphatic rings. The van der Waals surface area contributed by atoms with Crippen LogP contribution >= 0.6 is 0 Å². The first-order valence-corrected chi connectivity index (χ1v) is 9.42. The summed E-state index contributed by atoms with van der Waals surface area (Å²) in [5.41, 5.74) is 1.82. The Bertz CT molecular complexity index is 608. The van der Waals surface area contributed by atoms with Gasteiger partial charge in [0.2, 0.25) is 5.91 Å². The maximum absolute atomic E-state index is 12.6. The van der Waals surface area contributed by atoms with E-state index in [1.54, 1.807) is 0 Å². The number of benzene rings is 1. The lowest BCUT2D eigenvalue weighted by atomic mass is 10.1. The number of rotatable bonds is 7. The van der Waals surface area contributed by atoms with E-state index in [0.717, 1.165) is 11.3 Å². The first-order chi connectivity index (χ1) is 12.0. The molecule has 0 unspecified atom stereocenters. The minimum absolute atomic E-state index is 0.00178. The van der Waals surface area contributed by atoms with Crippen LogP contribution in [0.1, 0.15) is 57.6 Å². The maximum atomic E-state index is 12.6. The van der Waals surface area contributed by atoms with Crippen molar-refractivity contribution in [2.75, 3.05) is 12.4 Å². The Morgan fingerprint density at radius 2 is 1.68 bits per heavy atom. The fourth-order valence-electron chi connectivity index (χ4n) is 3.50. The van der Waals surface area contributed by atoms with E-state index in [9.17, 15) is 9.59 Å². The fourth-order valence-corrected chi connectivity index (χ4v) is 3.50. The number of anilines is 1. The van der Waals surface area contributed by atoms with Gasteiger partial charge in [0.15, 0.2) is 0 Å². The van der Waals surface area contributed by atoms with E-state index < -0.39 is 0 Å². The van der Waals surface area contributed by atoms with Crippen LogP contribution in [0.2, 0.25) is 0 Å². The predicted molar refractivity (Wildman–Crippen MR) is 99.3 cm³/mol. The Morgan fingerprint density at radius 3 is 2.16 bits per heavy atom. The minimum Gasteiger partial charge on any atom is -0.331 e. The van der Waals surface area contributed by atoms with Gasteiger partial charge in [0.25, 0.3) is 0 Å². The average molecular weight is 343 g/mol. The number of hydrogen-bond acceptors (Lipinski definition) is 2. The Labute approximate surface area is 150 Å². The molecular weight excluding hydrogens is 314 g/mol. The molecule has 1 aromatic carbocycles. The quantitative estimate of drug-likeness (QED) is 0.788. The summed E-state index contributed by atoms with van der Waals surface area (Å²) in [6.07, 6.45) is 5.51. The molecule has 2 fully saturated rings. The van der Waals surface area contributed by atoms with Crippen LogP contribution in [0.3, 0.4) is 0 Å². The zero-order chi connectivity index (χ0) is 18.0. The van der Waals surface area contributed by atoms with Gasteiger partial charge in [0, 0.05) is 25.2 Å². The third-order valence-electron chi connectivity index (χ3n) is 5.33. The molecule has 0 aliphatic heterocycles. The largest absolute Gasteiger partial charge is 0.331 e. The number of carbonyl (C=O) groups excluding carboxylic acids is 2. The second kappa shape index (κ2) is 7.46. The van der Waals surface area contributed by atoms with Crippen LogP contribution in [-0.2, 0) is 4.79 Å². The van der Waals surface area contributed by atoms with E-state index in [0.29, 0.717) is 24.3 Å². The van der Waals surface area contributed by atoms with Gasteiger partial charge in [-0.05, 0) is 62.1 Å². The zero-order valence-electron chi connectivity index (χ0n) is 15.4. The summed E-state index contributed by atoms with van der Waals surface area (Å²) in [5, 5.41) is 5.95. The van der Waals surface area contributed by atoms with Crippen LogP contribution in [-0.4, -0.2) is 29.9 Å². The van der Waals surface area contributed by atoms with Crippen LogP contribution in [0, 0.1) is 11.8 Å². The van der Waals surface area contributed by atoms with Crippen molar-refractivity contribution in [2.45, 2.75) is 58.0 Å². The number of urea groups is 1. The molecule has 3 amide bonds. The zero-order valence-corrected chi connectivity index (χ0v) is 15.4. The average Bonchev–Trinajstić information content (AvgIpc) is 3.50. The molecule has 5 nitrogen and oxygen atoms in total. The topological polar surface area (TPSA) is 61.4 Å². The highest BCUT2D eigenvalue weighted by Crippen LogP contribution is 2.46. The number of amides is 3. The highest BCUT2D eigenvalue weighted by atomic mass is 16.2. The van der Waals surface area contributed by atoms with Gasteiger partial charge in [-0.15, -0.1) is 0 Å². The van der Waals surface area contributed by atoms with Crippen LogP contribution < -0.4 is 10.6 Å². The van der Waals surface area contributed by atoms with Gasteiger partial charge in [0.05, 0.1) is 6.04 Å². The SMILES string of the molecule is CCC(=O)Nc1ccc([C@@H](C)NC(=O)N(C)C(C2CC2)C2CC2)cc1. The molecular formula is C20H29N3O2. The summed E-state index contributed by atoms with van der Waals surface area (Å²) in [5.74, 6) is 1.42. The molecule has 3 rings (SSSR count). The molecule has 136 valence electrons. The molecule has 0 bridgehead atoms. The molecule has 25 heavy (non-hydrogen) atoms. The van der Waals surface area contributed by atoms with Crippen molar-refractivity contribution in [3.63, 3.8) is 0 Å². The van der Waals surface area contributed by atoms with Crippen molar-refractivity contribution in [1.82, 2.24) is 10.2 Å². The monoisotopic (exact) mass is 343 g/mol. The van der Waals surface area contributed by atoms with Gasteiger partial charge in [-0.25, -0.2) is 4.79 Å². The van der Waals surface area contributed by atoms with Crippen molar-refractivity contribution >= 4 is 17.6 Å². The summed E-state index contributed by atoms with van der Waals surface area (Å²) in [7, 11) is 1.94. The molecule has 0 aromatic heterocycles. The lowest BCUT2D eigenvalue weighted by Gasteiger charge is -2.30. The highest BCUT2D eigenvalue weighted by molar-refractivity contribution is 5.90. The first-order valence-electron chi connectivity index (χ1n) is 9.42. The highest BCUT2D eigenvalue weighted by Gasteiger charge is 2.45. The first kappa shape index (κ1) is 17.8. The third kappa shape index (κ3) is 4.53. The van der Waals surface area contributed by atoms with Gasteiger partial charge in [0.1, 0.15) is 0 Å². The Balaban J connectivity index is 1.56. The molecule has 2 saturated carbocycles. The molecule has 0 spiro atoms. The van der Waals surface area contributed by atoms with E-state index in [1.165, 1.54) is 25.7 Å². The third-order valence-corrected chi connectivity index (χ3v) is 5.33. The fraction of sp³-hybridized carbons (Fsp3) is 0.600. The smallest absolute Gasteiger partial charge is 0.317 e. The summed E-state index contributed by atoms with van der Waals surface area (Å²) >= 11 is 0. The number of carbonyl (C=O) groups is 2. The molecule has 2 aliphatic carbocycles. The predicted octanol–water partition coefficient (Wildman–Crippen LogP) is 3.93. The van der Waals surface area contributed by atoms with E-state index in [-0.39, 0.29) is 18.0 Å². The van der Waals surface area contributed by atoms with E-state index >= 15 is 0 Å². The summed E-state index contributed by atoms with van der Waals surface area (Å²) in [6, 6.07) is 8.03. The van der Waals surface area contributed by atoms with Crippen molar-refractivity contribution in [3.05, 3.63) is 29.8 Å². The van der Waals surface area contributed by atoms with Crippen LogP contribution in [0.4, 0.5) is 10.5 Å². The number of hydrogen-bond donors (Lipinski definition) is 2. The Morgan fingerprint density at radius 1 is 1.12 bits per heavy atom. The number of nitrogens with zero attached hydrogens (tertiary/aromatic N) is 1. The minimum atomic E-state index is -0.0649. The molecule has 5 heteroatoms. The van der Waals surface area contributed by atoms with Gasteiger partial charge in [-0.3, -0.25) is 4.79 Å². The van der Waals surface area contributed by atoms with Crippen molar-refractivity contribution < 1.29 is 9.59 Å². The normalized spacial score (nSPS) is 17.9. The van der Waals surface area contributed by atoms with Crippen molar-refractivity contribution in [1.29, 1.82) is 0 Å². The summed E-state index contributed by atoms with van der Waals surface area (Å²) < 4.78 is 0. The van der Waals surface area contributed by atoms with Gasteiger partial charge >= 0.3 is 6.03 Å². The van der Waals surface area contributed by atoms with Gasteiger partial charge in [-0.1, -0.05) is 19.1 Å². The molecule has 0 radical (unpaired) electrons. The standard InChI is InChI=1S/C20H29N3O2/c1-4-18(24)22-17-11-9-14(10-12-17)13(2)21-20(25)23(3)19(15-5-6-15)16-7-8-16/h9-13,15-16,19H,4-8H2,1-3H3,(H,21,25)(H,22,24)/t13-/m1/s1. The lowest BCUT2D eigenvalue weighted by Crippen LogP contribution is -2.46. The van der Waals surface area contributed by atoms with Crippen LogP contribution in [0.5, 0.6) is 0 Å². The van der Waals surface area contributed by atoms with E-state index in [4.69, 9.17) is 0 Å². The second-order valence-corrected chi connectivity index (χ2v) is 7.47. The molecule has 0 saturated heterocycles.